The number of hydrogen-bond donors (Lipinski definition) is 1. The van der Waals surface area contributed by atoms with E-state index in [0.29, 0.717) is 18.4 Å². The molecule has 0 radical (unpaired) electrons. The van der Waals surface area contributed by atoms with Gasteiger partial charge in [0.2, 0.25) is 5.95 Å². The number of carbonyl (C=O) groups is 1. The molecule has 1 amide bonds. The van der Waals surface area contributed by atoms with Crippen LogP contribution in [0.3, 0.4) is 0 Å². The van der Waals surface area contributed by atoms with Gasteiger partial charge in [-0.25, -0.2) is 14.4 Å². The summed E-state index contributed by atoms with van der Waals surface area (Å²) in [7, 11) is 0. The van der Waals surface area contributed by atoms with Crippen LogP contribution in [-0.2, 0) is 0 Å². The average Bonchev–Trinajstić information content (AvgIpc) is 2.61. The first-order valence-corrected chi connectivity index (χ1v) is 7.63. The summed E-state index contributed by atoms with van der Waals surface area (Å²) in [5, 5.41) is 2.81. The minimum Gasteiger partial charge on any atom is -0.352 e. The molecule has 0 spiro atoms. The molecule has 0 aromatic carbocycles. The topological polar surface area (TPSA) is 71.0 Å². The molecule has 0 aliphatic carbocycles. The van der Waals surface area contributed by atoms with Crippen molar-refractivity contribution in [3.8, 4) is 0 Å². The van der Waals surface area contributed by atoms with E-state index in [9.17, 15) is 9.18 Å². The lowest BCUT2D eigenvalue weighted by Crippen LogP contribution is -2.41. The van der Waals surface area contributed by atoms with E-state index in [0.717, 1.165) is 32.1 Å². The van der Waals surface area contributed by atoms with Crippen molar-refractivity contribution in [2.45, 2.75) is 12.8 Å². The Balaban J connectivity index is 1.56. The molecular formula is C16H18FN5O. The lowest BCUT2D eigenvalue weighted by molar-refractivity contribution is 0.0941. The fourth-order valence-electron chi connectivity index (χ4n) is 2.76. The summed E-state index contributed by atoms with van der Waals surface area (Å²) in [4.78, 5) is 26.3. The molecule has 0 saturated carbocycles. The summed E-state index contributed by atoms with van der Waals surface area (Å²) in [6.07, 6.45) is 7.93. The van der Waals surface area contributed by atoms with Gasteiger partial charge < -0.3 is 10.2 Å². The van der Waals surface area contributed by atoms with Crippen LogP contribution in [-0.4, -0.2) is 40.5 Å². The van der Waals surface area contributed by atoms with E-state index in [1.54, 1.807) is 18.5 Å². The van der Waals surface area contributed by atoms with Crippen LogP contribution in [0.1, 0.15) is 23.2 Å². The highest BCUT2D eigenvalue weighted by molar-refractivity contribution is 5.94. The molecule has 7 heteroatoms. The van der Waals surface area contributed by atoms with Crippen molar-refractivity contribution < 1.29 is 9.18 Å². The first-order chi connectivity index (χ1) is 11.2. The van der Waals surface area contributed by atoms with Gasteiger partial charge in [0.15, 0.2) is 5.82 Å². The third kappa shape index (κ3) is 3.80. The van der Waals surface area contributed by atoms with Crippen LogP contribution >= 0.6 is 0 Å². The van der Waals surface area contributed by atoms with Crippen LogP contribution in [0.25, 0.3) is 0 Å². The largest absolute Gasteiger partial charge is 0.352 e. The molecule has 1 saturated heterocycles. The van der Waals surface area contributed by atoms with Crippen molar-refractivity contribution >= 4 is 11.9 Å². The van der Waals surface area contributed by atoms with E-state index < -0.39 is 11.7 Å². The van der Waals surface area contributed by atoms with Crippen LogP contribution in [0, 0.1) is 11.7 Å². The summed E-state index contributed by atoms with van der Waals surface area (Å²) >= 11 is 0. The Bertz CT molecular complexity index is 667. The second kappa shape index (κ2) is 7.13. The molecule has 0 bridgehead atoms. The van der Waals surface area contributed by atoms with E-state index in [1.807, 2.05) is 0 Å². The predicted molar refractivity (Wildman–Crippen MR) is 83.5 cm³/mol. The van der Waals surface area contributed by atoms with E-state index in [1.165, 1.54) is 12.3 Å². The molecule has 6 nitrogen and oxygen atoms in total. The van der Waals surface area contributed by atoms with Crippen LogP contribution in [0.2, 0.25) is 0 Å². The predicted octanol–water partition coefficient (Wildman–Crippen LogP) is 1.66. The fraction of sp³-hybridized carbons (Fsp3) is 0.375. The lowest BCUT2D eigenvalue weighted by Gasteiger charge is -2.32. The smallest absolute Gasteiger partial charge is 0.254 e. The standard InChI is InChI=1S/C16H18FN5O/c17-14-10-18-7-4-13(14)15(23)21-9-12-3-1-8-22(11-12)16-19-5-2-6-20-16/h2,4-7,10,12H,1,3,8-9,11H2,(H,21,23)/t12-/m1/s1. The fourth-order valence-corrected chi connectivity index (χ4v) is 2.76. The molecule has 1 aliphatic rings. The molecule has 23 heavy (non-hydrogen) atoms. The number of rotatable bonds is 4. The zero-order valence-corrected chi connectivity index (χ0v) is 12.7. The van der Waals surface area contributed by atoms with E-state index in [-0.39, 0.29) is 5.56 Å². The van der Waals surface area contributed by atoms with Gasteiger partial charge in [-0.2, -0.15) is 0 Å². The van der Waals surface area contributed by atoms with Gasteiger partial charge in [-0.05, 0) is 30.9 Å². The Morgan fingerprint density at radius 2 is 2.17 bits per heavy atom. The molecule has 2 aromatic rings. The Morgan fingerprint density at radius 1 is 1.35 bits per heavy atom. The summed E-state index contributed by atoms with van der Waals surface area (Å²) in [6, 6.07) is 3.17. The Morgan fingerprint density at radius 3 is 2.96 bits per heavy atom. The maximum absolute atomic E-state index is 13.5. The number of nitrogens with zero attached hydrogens (tertiary/aromatic N) is 4. The number of piperidine rings is 1. The second-order valence-corrected chi connectivity index (χ2v) is 5.57. The molecule has 1 fully saturated rings. The molecule has 2 aromatic heterocycles. The number of amides is 1. The molecule has 1 aliphatic heterocycles. The van der Waals surface area contributed by atoms with Crippen molar-refractivity contribution in [3.63, 3.8) is 0 Å². The molecule has 1 N–H and O–H groups in total. The highest BCUT2D eigenvalue weighted by Crippen LogP contribution is 2.19. The van der Waals surface area contributed by atoms with Gasteiger partial charge in [0.25, 0.3) is 5.91 Å². The van der Waals surface area contributed by atoms with E-state index in [2.05, 4.69) is 25.2 Å². The molecule has 3 rings (SSSR count). The maximum atomic E-state index is 13.5. The molecule has 120 valence electrons. The maximum Gasteiger partial charge on any atom is 0.254 e. The van der Waals surface area contributed by atoms with E-state index in [4.69, 9.17) is 0 Å². The van der Waals surface area contributed by atoms with Gasteiger partial charge in [0.05, 0.1) is 11.8 Å². The number of hydrogen-bond acceptors (Lipinski definition) is 5. The van der Waals surface area contributed by atoms with Gasteiger partial charge >= 0.3 is 0 Å². The molecule has 1 atom stereocenters. The zero-order valence-electron chi connectivity index (χ0n) is 12.7. The summed E-state index contributed by atoms with van der Waals surface area (Å²) < 4.78 is 13.5. The number of aromatic nitrogens is 3. The van der Waals surface area contributed by atoms with Gasteiger partial charge in [0, 0.05) is 38.2 Å². The molecule has 0 unspecified atom stereocenters. The van der Waals surface area contributed by atoms with Gasteiger partial charge in [-0.3, -0.25) is 9.78 Å². The van der Waals surface area contributed by atoms with Crippen molar-refractivity contribution in [2.24, 2.45) is 5.92 Å². The van der Waals surface area contributed by atoms with Crippen molar-refractivity contribution in [2.75, 3.05) is 24.5 Å². The third-order valence-corrected chi connectivity index (χ3v) is 3.92. The first kappa shape index (κ1) is 15.3. The van der Waals surface area contributed by atoms with Crippen LogP contribution in [0.5, 0.6) is 0 Å². The number of halogens is 1. The summed E-state index contributed by atoms with van der Waals surface area (Å²) in [5.41, 5.74) is 0.0269. The van der Waals surface area contributed by atoms with Crippen molar-refractivity contribution in [1.29, 1.82) is 0 Å². The van der Waals surface area contributed by atoms with Crippen LogP contribution in [0.15, 0.2) is 36.9 Å². The minimum absolute atomic E-state index is 0.0269. The van der Waals surface area contributed by atoms with Gasteiger partial charge in [-0.15, -0.1) is 0 Å². The van der Waals surface area contributed by atoms with Gasteiger partial charge in [-0.1, -0.05) is 0 Å². The Kier molecular flexibility index (Phi) is 4.75. The first-order valence-electron chi connectivity index (χ1n) is 7.63. The van der Waals surface area contributed by atoms with Gasteiger partial charge in [0.1, 0.15) is 0 Å². The Labute approximate surface area is 133 Å². The average molecular weight is 315 g/mol. The highest BCUT2D eigenvalue weighted by atomic mass is 19.1. The minimum atomic E-state index is -0.604. The molecule has 3 heterocycles. The van der Waals surface area contributed by atoms with Crippen LogP contribution in [0.4, 0.5) is 10.3 Å². The monoisotopic (exact) mass is 315 g/mol. The number of pyridine rings is 1. The summed E-state index contributed by atoms with van der Waals surface area (Å²) in [5.74, 6) is -0.00366. The van der Waals surface area contributed by atoms with Crippen molar-refractivity contribution in [3.05, 3.63) is 48.3 Å². The second-order valence-electron chi connectivity index (χ2n) is 5.57. The molecular weight excluding hydrogens is 297 g/mol. The normalized spacial score (nSPS) is 17.8. The number of nitrogens with one attached hydrogen (secondary N) is 1. The zero-order chi connectivity index (χ0) is 16.1. The van der Waals surface area contributed by atoms with Crippen LogP contribution < -0.4 is 10.2 Å². The SMILES string of the molecule is O=C(NC[C@H]1CCCN(c2ncccn2)C1)c1ccncc1F. The Hall–Kier alpha value is -2.57. The van der Waals surface area contributed by atoms with E-state index >= 15 is 0 Å². The lowest BCUT2D eigenvalue weighted by atomic mass is 9.98. The third-order valence-electron chi connectivity index (χ3n) is 3.92. The van der Waals surface area contributed by atoms with Crippen molar-refractivity contribution in [1.82, 2.24) is 20.3 Å². The number of carbonyl (C=O) groups excluding carboxylic acids is 1. The quantitative estimate of drug-likeness (QED) is 0.929. The highest BCUT2D eigenvalue weighted by Gasteiger charge is 2.22. The number of anilines is 1. The summed E-state index contributed by atoms with van der Waals surface area (Å²) in [6.45, 7) is 2.19.